The van der Waals surface area contributed by atoms with E-state index in [-0.39, 0.29) is 13.2 Å². The van der Waals surface area contributed by atoms with Crippen LogP contribution in [0.2, 0.25) is 0 Å². The average molecular weight is 253 g/mol. The number of rotatable bonds is 8. The van der Waals surface area contributed by atoms with E-state index in [1.54, 1.807) is 0 Å². The van der Waals surface area contributed by atoms with Gasteiger partial charge in [0.05, 0.1) is 19.8 Å². The molecule has 0 aliphatic rings. The Morgan fingerprint density at radius 3 is 2.61 bits per heavy atom. The lowest BCUT2D eigenvalue weighted by Gasteiger charge is -2.25. The summed E-state index contributed by atoms with van der Waals surface area (Å²) in [6.07, 6.45) is 2.25. The monoisotopic (exact) mass is 253 g/mol. The van der Waals surface area contributed by atoms with E-state index in [1.807, 2.05) is 31.2 Å². The van der Waals surface area contributed by atoms with Gasteiger partial charge in [0.25, 0.3) is 0 Å². The minimum absolute atomic E-state index is 0.00325. The molecule has 1 unspecified atom stereocenters. The predicted molar refractivity (Wildman–Crippen MR) is 71.4 cm³/mol. The van der Waals surface area contributed by atoms with E-state index in [1.165, 1.54) is 0 Å². The van der Waals surface area contributed by atoms with Crippen LogP contribution in [0.3, 0.4) is 0 Å². The minimum Gasteiger partial charge on any atom is -0.493 e. The van der Waals surface area contributed by atoms with Crippen molar-refractivity contribution in [3.63, 3.8) is 0 Å². The molecule has 102 valence electrons. The highest BCUT2D eigenvalue weighted by atomic mass is 16.5. The Bertz CT molecular complexity index is 351. The lowest BCUT2D eigenvalue weighted by molar-refractivity contribution is 0.171. The van der Waals surface area contributed by atoms with Crippen molar-refractivity contribution in [2.24, 2.45) is 5.73 Å². The fraction of sp³-hybridized carbons (Fsp3) is 0.571. The average Bonchev–Trinajstić information content (AvgIpc) is 2.43. The van der Waals surface area contributed by atoms with Crippen LogP contribution in [0, 0.1) is 0 Å². The van der Waals surface area contributed by atoms with Gasteiger partial charge in [-0.05, 0) is 25.3 Å². The van der Waals surface area contributed by atoms with Crippen molar-refractivity contribution < 1.29 is 14.9 Å². The molecule has 0 aliphatic carbocycles. The predicted octanol–water partition coefficient (Wildman–Crippen LogP) is 1.44. The van der Waals surface area contributed by atoms with E-state index in [0.29, 0.717) is 12.4 Å². The number of aliphatic hydroxyl groups is 2. The Morgan fingerprint density at radius 1 is 1.28 bits per heavy atom. The SMILES string of the molecule is CCC(N)(CO)CCCOc1ccccc1CO. The van der Waals surface area contributed by atoms with Crippen LogP contribution in [-0.4, -0.2) is 29.0 Å². The first-order valence-electron chi connectivity index (χ1n) is 6.36. The molecule has 1 atom stereocenters. The van der Waals surface area contributed by atoms with E-state index in [9.17, 15) is 5.11 Å². The second-order valence-electron chi connectivity index (χ2n) is 4.59. The van der Waals surface area contributed by atoms with E-state index < -0.39 is 5.54 Å². The third-order valence-corrected chi connectivity index (χ3v) is 3.24. The summed E-state index contributed by atoms with van der Waals surface area (Å²) in [5.41, 5.74) is 6.27. The molecule has 4 heteroatoms. The van der Waals surface area contributed by atoms with Crippen molar-refractivity contribution in [2.75, 3.05) is 13.2 Å². The largest absolute Gasteiger partial charge is 0.493 e. The first kappa shape index (κ1) is 15.0. The summed E-state index contributed by atoms with van der Waals surface area (Å²) < 4.78 is 5.62. The summed E-state index contributed by atoms with van der Waals surface area (Å²) in [7, 11) is 0. The molecule has 0 amide bonds. The highest BCUT2D eigenvalue weighted by molar-refractivity contribution is 5.32. The molecule has 0 fully saturated rings. The van der Waals surface area contributed by atoms with Crippen molar-refractivity contribution in [1.82, 2.24) is 0 Å². The number of para-hydroxylation sites is 1. The Morgan fingerprint density at radius 2 is 2.00 bits per heavy atom. The van der Waals surface area contributed by atoms with Crippen molar-refractivity contribution in [3.05, 3.63) is 29.8 Å². The molecule has 0 spiro atoms. The Hall–Kier alpha value is -1.10. The van der Waals surface area contributed by atoms with Crippen LogP contribution in [0.5, 0.6) is 5.75 Å². The van der Waals surface area contributed by atoms with Gasteiger partial charge in [0.2, 0.25) is 0 Å². The molecule has 0 aliphatic heterocycles. The molecule has 4 nitrogen and oxygen atoms in total. The van der Waals surface area contributed by atoms with E-state index in [4.69, 9.17) is 15.6 Å². The molecule has 0 saturated heterocycles. The Balaban J connectivity index is 2.38. The molecule has 18 heavy (non-hydrogen) atoms. The molecule has 1 rings (SSSR count). The van der Waals surface area contributed by atoms with Crippen molar-refractivity contribution >= 4 is 0 Å². The summed E-state index contributed by atoms with van der Waals surface area (Å²) in [4.78, 5) is 0. The second-order valence-corrected chi connectivity index (χ2v) is 4.59. The standard InChI is InChI=1S/C14H23NO3/c1-2-14(15,11-17)8-5-9-18-13-7-4-3-6-12(13)10-16/h3-4,6-7,16-17H,2,5,8-11,15H2,1H3. The van der Waals surface area contributed by atoms with E-state index >= 15 is 0 Å². The molecule has 1 aromatic rings. The normalized spacial score (nSPS) is 14.2. The lowest BCUT2D eigenvalue weighted by atomic mass is 9.93. The molecule has 4 N–H and O–H groups in total. The fourth-order valence-corrected chi connectivity index (χ4v) is 1.75. The van der Waals surface area contributed by atoms with Crippen molar-refractivity contribution in [3.8, 4) is 5.75 Å². The van der Waals surface area contributed by atoms with Gasteiger partial charge < -0.3 is 20.7 Å². The van der Waals surface area contributed by atoms with Crippen LogP contribution >= 0.6 is 0 Å². The van der Waals surface area contributed by atoms with Crippen molar-refractivity contribution in [1.29, 1.82) is 0 Å². The summed E-state index contributed by atoms with van der Waals surface area (Å²) in [5.74, 6) is 0.711. The zero-order valence-corrected chi connectivity index (χ0v) is 10.9. The Kier molecular flexibility index (Phi) is 6.12. The molecule has 0 saturated carbocycles. The summed E-state index contributed by atoms with van der Waals surface area (Å²) in [6, 6.07) is 7.42. The van der Waals surface area contributed by atoms with Crippen LogP contribution in [0.15, 0.2) is 24.3 Å². The zero-order valence-electron chi connectivity index (χ0n) is 10.9. The molecule has 0 heterocycles. The van der Waals surface area contributed by atoms with Crippen LogP contribution in [0.4, 0.5) is 0 Å². The number of hydrogen-bond donors (Lipinski definition) is 3. The topological polar surface area (TPSA) is 75.7 Å². The first-order chi connectivity index (χ1) is 8.65. The quantitative estimate of drug-likeness (QED) is 0.613. The number of benzene rings is 1. The van der Waals surface area contributed by atoms with Gasteiger partial charge >= 0.3 is 0 Å². The molecule has 0 aromatic heterocycles. The second kappa shape index (κ2) is 7.36. The van der Waals surface area contributed by atoms with Gasteiger partial charge in [-0.2, -0.15) is 0 Å². The van der Waals surface area contributed by atoms with Crippen LogP contribution in [0.25, 0.3) is 0 Å². The maximum absolute atomic E-state index is 9.18. The zero-order chi connectivity index (χ0) is 13.4. The molecular weight excluding hydrogens is 230 g/mol. The van der Waals surface area contributed by atoms with Gasteiger partial charge in [-0.3, -0.25) is 0 Å². The maximum Gasteiger partial charge on any atom is 0.124 e. The number of hydrogen-bond acceptors (Lipinski definition) is 4. The van der Waals surface area contributed by atoms with Gasteiger partial charge in [0.15, 0.2) is 0 Å². The highest BCUT2D eigenvalue weighted by Crippen LogP contribution is 2.19. The number of nitrogens with two attached hydrogens (primary N) is 1. The molecular formula is C14H23NO3. The fourth-order valence-electron chi connectivity index (χ4n) is 1.75. The smallest absolute Gasteiger partial charge is 0.124 e. The van der Waals surface area contributed by atoms with Crippen LogP contribution in [0.1, 0.15) is 31.7 Å². The summed E-state index contributed by atoms with van der Waals surface area (Å²) in [6.45, 7) is 2.48. The van der Waals surface area contributed by atoms with E-state index in [2.05, 4.69) is 0 Å². The number of ether oxygens (including phenoxy) is 1. The number of aliphatic hydroxyl groups excluding tert-OH is 2. The maximum atomic E-state index is 9.18. The van der Waals surface area contributed by atoms with Crippen LogP contribution < -0.4 is 10.5 Å². The molecule has 0 radical (unpaired) electrons. The van der Waals surface area contributed by atoms with Crippen LogP contribution in [-0.2, 0) is 6.61 Å². The third kappa shape index (κ3) is 4.29. The molecule has 1 aromatic carbocycles. The van der Waals surface area contributed by atoms with Gasteiger partial charge in [-0.1, -0.05) is 25.1 Å². The highest BCUT2D eigenvalue weighted by Gasteiger charge is 2.20. The van der Waals surface area contributed by atoms with Gasteiger partial charge in [0, 0.05) is 11.1 Å². The Labute approximate surface area is 108 Å². The first-order valence-corrected chi connectivity index (χ1v) is 6.36. The lowest BCUT2D eigenvalue weighted by Crippen LogP contribution is -2.43. The summed E-state index contributed by atoms with van der Waals surface area (Å²) in [5, 5.41) is 18.3. The third-order valence-electron chi connectivity index (χ3n) is 3.24. The van der Waals surface area contributed by atoms with E-state index in [0.717, 1.165) is 24.8 Å². The van der Waals surface area contributed by atoms with Crippen molar-refractivity contribution in [2.45, 2.75) is 38.3 Å². The summed E-state index contributed by atoms with van der Waals surface area (Å²) >= 11 is 0. The minimum atomic E-state index is -0.500. The van der Waals surface area contributed by atoms with Gasteiger partial charge in [0.1, 0.15) is 5.75 Å². The van der Waals surface area contributed by atoms with Gasteiger partial charge in [-0.15, -0.1) is 0 Å². The molecule has 0 bridgehead atoms. The van der Waals surface area contributed by atoms with Gasteiger partial charge in [-0.25, -0.2) is 0 Å².